The summed E-state index contributed by atoms with van der Waals surface area (Å²) in [6.45, 7) is 0.425. The summed E-state index contributed by atoms with van der Waals surface area (Å²) in [5.41, 5.74) is 8.45. The Labute approximate surface area is 128 Å². The highest BCUT2D eigenvalue weighted by atomic mass is 32.1. The van der Waals surface area contributed by atoms with Gasteiger partial charge in [-0.3, -0.25) is 4.98 Å². The zero-order chi connectivity index (χ0) is 14.7. The molecule has 0 amide bonds. The van der Waals surface area contributed by atoms with Crippen molar-refractivity contribution in [1.29, 1.82) is 0 Å². The van der Waals surface area contributed by atoms with Gasteiger partial charge in [-0.1, -0.05) is 48.6 Å². The summed E-state index contributed by atoms with van der Waals surface area (Å²) in [6, 6.07) is 17.5. The van der Waals surface area contributed by atoms with E-state index in [1.54, 1.807) is 6.20 Å². The normalized spacial score (nSPS) is 10.5. The molecule has 0 bridgehead atoms. The molecule has 21 heavy (non-hydrogen) atoms. The van der Waals surface area contributed by atoms with Crippen LogP contribution in [-0.4, -0.2) is 9.97 Å². The molecule has 1 aromatic heterocycles. The highest BCUT2D eigenvalue weighted by molar-refractivity contribution is 7.80. The third kappa shape index (κ3) is 2.85. The van der Waals surface area contributed by atoms with E-state index in [4.69, 9.17) is 22.7 Å². The van der Waals surface area contributed by atoms with E-state index in [1.165, 1.54) is 0 Å². The van der Waals surface area contributed by atoms with Crippen LogP contribution in [0.4, 0.5) is 0 Å². The molecule has 2 aromatic carbocycles. The second-order valence-electron chi connectivity index (χ2n) is 4.64. The Hall–Kier alpha value is -2.46. The van der Waals surface area contributed by atoms with E-state index in [0.717, 1.165) is 22.0 Å². The number of hydrogen-bond donors (Lipinski definition) is 1. The van der Waals surface area contributed by atoms with Gasteiger partial charge in [0, 0.05) is 17.1 Å². The standard InChI is InChI=1S/C17H14N2OS/c18-17(21)14-8-1-2-9-15(14)20-11-13-6-3-5-12-7-4-10-19-16(12)13/h1-10H,11H2,(H2,18,21). The summed E-state index contributed by atoms with van der Waals surface area (Å²) in [5, 5.41) is 1.10. The largest absolute Gasteiger partial charge is 0.488 e. The predicted octanol–water partition coefficient (Wildman–Crippen LogP) is 3.45. The van der Waals surface area contributed by atoms with Gasteiger partial charge in [-0.25, -0.2) is 0 Å². The maximum Gasteiger partial charge on any atom is 0.129 e. The van der Waals surface area contributed by atoms with Gasteiger partial charge in [0.2, 0.25) is 0 Å². The first-order chi connectivity index (χ1) is 10.3. The molecule has 0 saturated heterocycles. The summed E-state index contributed by atoms with van der Waals surface area (Å²) < 4.78 is 5.89. The van der Waals surface area contributed by atoms with Crippen molar-refractivity contribution in [3.63, 3.8) is 0 Å². The molecule has 0 aliphatic rings. The zero-order valence-corrected chi connectivity index (χ0v) is 12.1. The molecule has 104 valence electrons. The van der Waals surface area contributed by atoms with Crippen molar-refractivity contribution >= 4 is 28.1 Å². The molecule has 0 aliphatic carbocycles. The lowest BCUT2D eigenvalue weighted by atomic mass is 10.1. The third-order valence-electron chi connectivity index (χ3n) is 3.25. The minimum absolute atomic E-state index is 0.335. The molecule has 3 nitrogen and oxygen atoms in total. The van der Waals surface area contributed by atoms with E-state index in [9.17, 15) is 0 Å². The number of nitrogens with zero attached hydrogens (tertiary/aromatic N) is 1. The fourth-order valence-corrected chi connectivity index (χ4v) is 2.40. The van der Waals surface area contributed by atoms with Gasteiger partial charge in [0.05, 0.1) is 11.1 Å². The topological polar surface area (TPSA) is 48.1 Å². The Morgan fingerprint density at radius 1 is 1.05 bits per heavy atom. The van der Waals surface area contributed by atoms with Gasteiger partial charge in [-0.15, -0.1) is 0 Å². The summed E-state index contributed by atoms with van der Waals surface area (Å²) in [5.74, 6) is 0.693. The van der Waals surface area contributed by atoms with Gasteiger partial charge in [0.1, 0.15) is 17.3 Å². The Balaban J connectivity index is 1.89. The Morgan fingerprint density at radius 3 is 2.71 bits per heavy atom. The van der Waals surface area contributed by atoms with Crippen LogP contribution in [0.3, 0.4) is 0 Å². The van der Waals surface area contributed by atoms with Gasteiger partial charge in [0.25, 0.3) is 0 Å². The van der Waals surface area contributed by atoms with E-state index in [-0.39, 0.29) is 0 Å². The van der Waals surface area contributed by atoms with Crippen LogP contribution in [0, 0.1) is 0 Å². The fraction of sp³-hybridized carbons (Fsp3) is 0.0588. The molecule has 1 heterocycles. The highest BCUT2D eigenvalue weighted by Crippen LogP contribution is 2.21. The van der Waals surface area contributed by atoms with Crippen LogP contribution in [0.5, 0.6) is 5.75 Å². The number of rotatable bonds is 4. The minimum Gasteiger partial charge on any atom is -0.488 e. The van der Waals surface area contributed by atoms with Crippen LogP contribution < -0.4 is 10.5 Å². The molecule has 0 saturated carbocycles. The summed E-state index contributed by atoms with van der Waals surface area (Å²) >= 11 is 5.04. The second-order valence-corrected chi connectivity index (χ2v) is 5.08. The Morgan fingerprint density at radius 2 is 1.86 bits per heavy atom. The maximum absolute atomic E-state index is 5.89. The highest BCUT2D eigenvalue weighted by Gasteiger charge is 2.07. The molecule has 0 aliphatic heterocycles. The molecule has 3 rings (SSSR count). The first kappa shape index (κ1) is 13.5. The van der Waals surface area contributed by atoms with E-state index < -0.39 is 0 Å². The molecule has 2 N–H and O–H groups in total. The third-order valence-corrected chi connectivity index (χ3v) is 3.47. The molecule has 0 spiro atoms. The number of pyridine rings is 1. The Bertz CT molecular complexity index is 796. The number of fused-ring (bicyclic) bond motifs is 1. The lowest BCUT2D eigenvalue weighted by Crippen LogP contribution is -2.11. The molecule has 0 fully saturated rings. The lowest BCUT2D eigenvalue weighted by Gasteiger charge is -2.11. The van der Waals surface area contributed by atoms with E-state index >= 15 is 0 Å². The van der Waals surface area contributed by atoms with Gasteiger partial charge in [0.15, 0.2) is 0 Å². The van der Waals surface area contributed by atoms with Crippen molar-refractivity contribution in [1.82, 2.24) is 4.98 Å². The molecule has 3 aromatic rings. The smallest absolute Gasteiger partial charge is 0.129 e. The fourth-order valence-electron chi connectivity index (χ4n) is 2.24. The first-order valence-electron chi connectivity index (χ1n) is 6.60. The monoisotopic (exact) mass is 294 g/mol. The average Bonchev–Trinajstić information content (AvgIpc) is 2.53. The van der Waals surface area contributed by atoms with Gasteiger partial charge < -0.3 is 10.5 Å². The minimum atomic E-state index is 0.335. The van der Waals surface area contributed by atoms with Gasteiger partial charge in [-0.05, 0) is 18.2 Å². The van der Waals surface area contributed by atoms with Crippen LogP contribution in [0.25, 0.3) is 10.9 Å². The van der Waals surface area contributed by atoms with Crippen LogP contribution in [0.2, 0.25) is 0 Å². The van der Waals surface area contributed by atoms with Crippen LogP contribution in [-0.2, 0) is 6.61 Å². The number of aromatic nitrogens is 1. The molecule has 0 atom stereocenters. The number of benzene rings is 2. The maximum atomic E-state index is 5.89. The predicted molar refractivity (Wildman–Crippen MR) is 88.4 cm³/mol. The van der Waals surface area contributed by atoms with Crippen molar-refractivity contribution in [3.8, 4) is 5.75 Å². The number of para-hydroxylation sites is 2. The number of thiocarbonyl (C=S) groups is 1. The SMILES string of the molecule is NC(=S)c1ccccc1OCc1cccc2cccnc12. The summed E-state index contributed by atoms with van der Waals surface area (Å²) in [6.07, 6.45) is 1.79. The van der Waals surface area contributed by atoms with E-state index in [2.05, 4.69) is 4.98 Å². The molecule has 0 radical (unpaired) electrons. The van der Waals surface area contributed by atoms with Crippen molar-refractivity contribution in [3.05, 3.63) is 71.9 Å². The Kier molecular flexibility index (Phi) is 3.79. The van der Waals surface area contributed by atoms with E-state index in [0.29, 0.717) is 17.3 Å². The number of hydrogen-bond acceptors (Lipinski definition) is 3. The quantitative estimate of drug-likeness (QED) is 0.749. The molecule has 4 heteroatoms. The molecule has 0 unspecified atom stereocenters. The van der Waals surface area contributed by atoms with Crippen LogP contribution >= 0.6 is 12.2 Å². The summed E-state index contributed by atoms with van der Waals surface area (Å²) in [4.78, 5) is 4.76. The summed E-state index contributed by atoms with van der Waals surface area (Å²) in [7, 11) is 0. The average molecular weight is 294 g/mol. The number of nitrogens with two attached hydrogens (primary N) is 1. The van der Waals surface area contributed by atoms with Crippen molar-refractivity contribution in [2.24, 2.45) is 5.73 Å². The molecular formula is C17H14N2OS. The van der Waals surface area contributed by atoms with Crippen LogP contribution in [0.1, 0.15) is 11.1 Å². The van der Waals surface area contributed by atoms with Gasteiger partial charge in [-0.2, -0.15) is 0 Å². The first-order valence-corrected chi connectivity index (χ1v) is 7.01. The van der Waals surface area contributed by atoms with Crippen molar-refractivity contribution < 1.29 is 4.74 Å². The second kappa shape index (κ2) is 5.89. The number of ether oxygens (including phenoxy) is 1. The molecular weight excluding hydrogens is 280 g/mol. The van der Waals surface area contributed by atoms with Crippen molar-refractivity contribution in [2.45, 2.75) is 6.61 Å². The van der Waals surface area contributed by atoms with Crippen LogP contribution in [0.15, 0.2) is 60.8 Å². The lowest BCUT2D eigenvalue weighted by molar-refractivity contribution is 0.307. The van der Waals surface area contributed by atoms with E-state index in [1.807, 2.05) is 54.6 Å². The zero-order valence-electron chi connectivity index (χ0n) is 11.3. The van der Waals surface area contributed by atoms with Gasteiger partial charge >= 0.3 is 0 Å². The van der Waals surface area contributed by atoms with Crippen molar-refractivity contribution in [2.75, 3.05) is 0 Å².